The molecule has 0 fully saturated rings. The summed E-state index contributed by atoms with van der Waals surface area (Å²) in [4.78, 5) is 5.87. The van der Waals surface area contributed by atoms with Gasteiger partial charge in [0.25, 0.3) is 0 Å². The molecule has 0 aromatic carbocycles. The second-order valence-corrected chi connectivity index (χ2v) is 4.78. The minimum atomic E-state index is 0.251. The lowest BCUT2D eigenvalue weighted by Gasteiger charge is -2.00. The Morgan fingerprint density at radius 3 is 2.71 bits per heavy atom. The van der Waals surface area contributed by atoms with Gasteiger partial charge in [0.15, 0.2) is 0 Å². The molecule has 0 saturated heterocycles. The Kier molecular flexibility index (Phi) is 4.21. The van der Waals surface area contributed by atoms with Crippen LogP contribution in [0.4, 0.5) is 0 Å². The van der Waals surface area contributed by atoms with E-state index in [9.17, 15) is 0 Å². The lowest BCUT2D eigenvalue weighted by atomic mass is 10.2. The van der Waals surface area contributed by atoms with Gasteiger partial charge in [-0.05, 0) is 27.7 Å². The molecule has 0 spiro atoms. The van der Waals surface area contributed by atoms with Crippen LogP contribution in [0.2, 0.25) is 0 Å². The fourth-order valence-corrected chi connectivity index (χ4v) is 2.11. The van der Waals surface area contributed by atoms with Gasteiger partial charge in [0.05, 0.1) is 5.04 Å². The number of allylic oxidation sites excluding steroid dienone is 4. The molecule has 0 aromatic rings. The predicted octanol–water partition coefficient (Wildman–Crippen LogP) is 3.95. The summed E-state index contributed by atoms with van der Waals surface area (Å²) in [7, 11) is 0. The largest absolute Gasteiger partial charge is 0.270 e. The van der Waals surface area contributed by atoms with Crippen LogP contribution in [0.3, 0.4) is 0 Å². The zero-order chi connectivity index (χ0) is 10.6. The summed E-state index contributed by atoms with van der Waals surface area (Å²) in [6.07, 6.45) is 8.49. The molecule has 1 aliphatic rings. The minimum absolute atomic E-state index is 0.251. The predicted molar refractivity (Wildman–Crippen MR) is 66.8 cm³/mol. The van der Waals surface area contributed by atoms with Crippen LogP contribution in [0.5, 0.6) is 0 Å². The summed E-state index contributed by atoms with van der Waals surface area (Å²) >= 11 is 1.77. The van der Waals surface area contributed by atoms with Gasteiger partial charge in [0.2, 0.25) is 0 Å². The Bertz CT molecular complexity index is 317. The summed E-state index contributed by atoms with van der Waals surface area (Å²) < 4.78 is 0. The third-order valence-corrected chi connectivity index (χ3v) is 3.00. The topological polar surface area (TPSA) is 12.4 Å². The summed E-state index contributed by atoms with van der Waals surface area (Å²) in [5, 5.41) is 1.16. The second kappa shape index (κ2) is 5.20. The highest BCUT2D eigenvalue weighted by Gasteiger charge is 2.17. The Hall–Kier alpha value is -0.760. The van der Waals surface area contributed by atoms with Gasteiger partial charge in [-0.2, -0.15) is 0 Å². The number of nitrogens with zero attached hydrogens (tertiary/aromatic N) is 1. The molecule has 1 nitrogen and oxygen atoms in total. The van der Waals surface area contributed by atoms with Gasteiger partial charge in [0, 0.05) is 4.91 Å². The quantitative estimate of drug-likeness (QED) is 0.625. The molecule has 0 saturated carbocycles. The van der Waals surface area contributed by atoms with Gasteiger partial charge in [-0.15, -0.1) is 0 Å². The molecule has 2 heteroatoms. The summed E-state index contributed by atoms with van der Waals surface area (Å²) in [5.74, 6) is 0. The van der Waals surface area contributed by atoms with Gasteiger partial charge in [-0.25, -0.2) is 0 Å². The third kappa shape index (κ3) is 3.18. The molecule has 0 amide bonds. The van der Waals surface area contributed by atoms with E-state index in [1.165, 1.54) is 10.5 Å². The van der Waals surface area contributed by atoms with Crippen LogP contribution >= 0.6 is 11.8 Å². The van der Waals surface area contributed by atoms with Gasteiger partial charge < -0.3 is 0 Å². The molecule has 14 heavy (non-hydrogen) atoms. The van der Waals surface area contributed by atoms with Crippen molar-refractivity contribution >= 4 is 16.8 Å². The van der Waals surface area contributed by atoms with Gasteiger partial charge in [0.1, 0.15) is 6.04 Å². The number of rotatable bonds is 2. The normalized spacial score (nSPS) is 24.4. The highest BCUT2D eigenvalue weighted by atomic mass is 32.2. The monoisotopic (exact) mass is 207 g/mol. The first-order valence-corrected chi connectivity index (χ1v) is 5.65. The summed E-state index contributed by atoms with van der Waals surface area (Å²) in [6.45, 7) is 8.32. The van der Waals surface area contributed by atoms with Crippen LogP contribution in [0, 0.1) is 0 Å². The van der Waals surface area contributed by atoms with Crippen molar-refractivity contribution in [2.75, 3.05) is 0 Å². The van der Waals surface area contributed by atoms with Gasteiger partial charge in [-0.1, -0.05) is 41.6 Å². The third-order valence-electron chi connectivity index (χ3n) is 1.89. The molecule has 0 aliphatic carbocycles. The highest BCUT2D eigenvalue weighted by Crippen LogP contribution is 2.31. The zero-order valence-electron chi connectivity index (χ0n) is 9.24. The van der Waals surface area contributed by atoms with E-state index in [2.05, 4.69) is 57.0 Å². The standard InChI is InChI=1S/C12H17NS/c1-5-12-11(13-10(4)14-12)8-6-7-9(2)3/h5-8,11H,1-4H3/b8-6?,12-5+. The maximum Gasteiger partial charge on any atom is 0.100 e. The Morgan fingerprint density at radius 2 is 2.14 bits per heavy atom. The number of hydrogen-bond donors (Lipinski definition) is 0. The molecule has 0 radical (unpaired) electrons. The van der Waals surface area contributed by atoms with Crippen LogP contribution in [0.1, 0.15) is 27.7 Å². The van der Waals surface area contributed by atoms with E-state index in [-0.39, 0.29) is 6.04 Å². The molecule has 0 bridgehead atoms. The van der Waals surface area contributed by atoms with E-state index >= 15 is 0 Å². The summed E-state index contributed by atoms with van der Waals surface area (Å²) in [6, 6.07) is 0.251. The van der Waals surface area contributed by atoms with Crippen LogP contribution in [-0.2, 0) is 0 Å². The van der Waals surface area contributed by atoms with E-state index in [0.29, 0.717) is 0 Å². The Morgan fingerprint density at radius 1 is 1.43 bits per heavy atom. The number of aliphatic imine (C=N–C) groups is 1. The van der Waals surface area contributed by atoms with Crippen molar-refractivity contribution < 1.29 is 0 Å². The van der Waals surface area contributed by atoms with Crippen LogP contribution in [0.25, 0.3) is 0 Å². The van der Waals surface area contributed by atoms with Crippen LogP contribution in [0.15, 0.2) is 39.8 Å². The van der Waals surface area contributed by atoms with Crippen molar-refractivity contribution in [3.63, 3.8) is 0 Å². The van der Waals surface area contributed by atoms with Gasteiger partial charge in [-0.3, -0.25) is 4.99 Å². The first-order chi connectivity index (χ1) is 6.63. The van der Waals surface area contributed by atoms with Gasteiger partial charge >= 0.3 is 0 Å². The maximum absolute atomic E-state index is 4.53. The maximum atomic E-state index is 4.53. The smallest absolute Gasteiger partial charge is 0.100 e. The molecule has 1 atom stereocenters. The van der Waals surface area contributed by atoms with Crippen molar-refractivity contribution in [2.45, 2.75) is 33.7 Å². The van der Waals surface area contributed by atoms with Crippen molar-refractivity contribution in [1.29, 1.82) is 0 Å². The van der Waals surface area contributed by atoms with E-state index in [1.807, 2.05) is 0 Å². The van der Waals surface area contributed by atoms with Crippen molar-refractivity contribution in [2.24, 2.45) is 4.99 Å². The lowest BCUT2D eigenvalue weighted by Crippen LogP contribution is -1.95. The average Bonchev–Trinajstić information content (AvgIpc) is 2.45. The number of hydrogen-bond acceptors (Lipinski definition) is 2. The van der Waals surface area contributed by atoms with Crippen molar-refractivity contribution in [3.8, 4) is 0 Å². The van der Waals surface area contributed by atoms with Crippen molar-refractivity contribution in [3.05, 3.63) is 34.8 Å². The molecule has 0 N–H and O–H groups in total. The fraction of sp³-hybridized carbons (Fsp3) is 0.417. The SMILES string of the molecule is C/C=C1/SC(C)=NC1C=CC=C(C)C. The van der Waals surface area contributed by atoms with E-state index in [1.54, 1.807) is 11.8 Å². The van der Waals surface area contributed by atoms with Crippen LogP contribution in [-0.4, -0.2) is 11.1 Å². The first-order valence-electron chi connectivity index (χ1n) is 4.83. The molecule has 0 aromatic heterocycles. The fourth-order valence-electron chi connectivity index (χ4n) is 1.24. The Labute approximate surface area is 90.7 Å². The van der Waals surface area contributed by atoms with E-state index in [4.69, 9.17) is 0 Å². The molecule has 76 valence electrons. The van der Waals surface area contributed by atoms with Crippen LogP contribution < -0.4 is 0 Å². The first kappa shape index (κ1) is 11.3. The average molecular weight is 207 g/mol. The second-order valence-electron chi connectivity index (χ2n) is 3.51. The summed E-state index contributed by atoms with van der Waals surface area (Å²) in [5.41, 5.74) is 1.31. The molecule has 1 rings (SSSR count). The molecule has 1 heterocycles. The molecule has 1 aliphatic heterocycles. The Balaban J connectivity index is 2.69. The number of thioether (sulfide) groups is 1. The highest BCUT2D eigenvalue weighted by molar-refractivity contribution is 8.17. The van der Waals surface area contributed by atoms with Crippen molar-refractivity contribution in [1.82, 2.24) is 0 Å². The van der Waals surface area contributed by atoms with E-state index < -0.39 is 0 Å². The zero-order valence-corrected chi connectivity index (χ0v) is 10.1. The molecular formula is C12H17NS. The lowest BCUT2D eigenvalue weighted by molar-refractivity contribution is 1.02. The molecule has 1 unspecified atom stereocenters. The minimum Gasteiger partial charge on any atom is -0.270 e. The van der Waals surface area contributed by atoms with E-state index in [0.717, 1.165) is 5.04 Å². The molecular weight excluding hydrogens is 190 g/mol.